The van der Waals surface area contributed by atoms with Gasteiger partial charge in [0.15, 0.2) is 0 Å². The molecule has 0 saturated carbocycles. The van der Waals surface area contributed by atoms with E-state index in [1.54, 1.807) is 12.1 Å². The maximum Gasteiger partial charge on any atom is 0.573 e. The molecule has 0 aliphatic rings. The molecule has 3 rings (SSSR count). The lowest BCUT2D eigenvalue weighted by Gasteiger charge is -2.17. The predicted octanol–water partition coefficient (Wildman–Crippen LogP) is 2.79. The molecule has 0 aliphatic heterocycles. The van der Waals surface area contributed by atoms with Crippen LogP contribution in [0.5, 0.6) is 5.75 Å². The zero-order valence-corrected chi connectivity index (χ0v) is 21.3. The summed E-state index contributed by atoms with van der Waals surface area (Å²) in [4.78, 5) is 28.2. The number of carbonyl (C=O) groups is 2. The third-order valence-corrected chi connectivity index (χ3v) is 5.82. The summed E-state index contributed by atoms with van der Waals surface area (Å²) in [6.45, 7) is -0.849. The fraction of sp³-hybridized carbons (Fsp3) is 0.261. The van der Waals surface area contributed by atoms with Crippen LogP contribution in [-0.2, 0) is 17.8 Å². The molecule has 0 spiro atoms. The average molecular weight is 587 g/mol. The first kappa shape index (κ1) is 30.2. The Labute approximate surface area is 228 Å². The van der Waals surface area contributed by atoms with Gasteiger partial charge in [-0.15, -0.1) is 23.4 Å². The number of hydrazine groups is 1. The molecule has 1 aromatic carbocycles. The van der Waals surface area contributed by atoms with Gasteiger partial charge in [0, 0.05) is 30.9 Å². The molecule has 0 bridgehead atoms. The van der Waals surface area contributed by atoms with Crippen molar-refractivity contribution in [3.05, 3.63) is 76.6 Å². The first-order valence-electron chi connectivity index (χ1n) is 11.4. The number of aryl methyl sites for hydroxylation is 1. The number of alkyl halides is 4. The normalized spacial score (nSPS) is 12.5. The van der Waals surface area contributed by atoms with Gasteiger partial charge in [0.1, 0.15) is 34.1 Å². The van der Waals surface area contributed by atoms with Crippen molar-refractivity contribution >= 4 is 28.3 Å². The monoisotopic (exact) mass is 586 g/mol. The van der Waals surface area contributed by atoms with E-state index in [1.165, 1.54) is 12.3 Å². The number of hydrogen-bond acceptors (Lipinski definition) is 10. The standard InChI is InChI=1S/C23H23F5N8O3S/c24-14(4-7-19-34-35-22(40-19)33-21(38)18-3-1-2-8-31-18)11-36(30)12-17(29)20(37)32-10-13-9-15(5-6-16(13)25)39-23(26,27)28/h1-3,5-6,8-9,12,14H,4,7,10-11,29-30H2,(H,32,37)(H,33,35,38)/b17-12-. The van der Waals surface area contributed by atoms with Crippen molar-refractivity contribution in [1.82, 2.24) is 25.5 Å². The van der Waals surface area contributed by atoms with Crippen LogP contribution in [0.3, 0.4) is 0 Å². The molecule has 6 N–H and O–H groups in total. The van der Waals surface area contributed by atoms with Crippen molar-refractivity contribution in [3.63, 3.8) is 0 Å². The van der Waals surface area contributed by atoms with Crippen LogP contribution in [0.4, 0.5) is 27.1 Å². The van der Waals surface area contributed by atoms with Crippen LogP contribution in [0.1, 0.15) is 27.5 Å². The molecule has 1 atom stereocenters. The van der Waals surface area contributed by atoms with Gasteiger partial charge in [0.05, 0.1) is 6.54 Å². The van der Waals surface area contributed by atoms with Gasteiger partial charge in [-0.1, -0.05) is 17.4 Å². The van der Waals surface area contributed by atoms with Crippen LogP contribution in [-0.4, -0.2) is 51.1 Å². The lowest BCUT2D eigenvalue weighted by atomic mass is 10.2. The Morgan fingerprint density at radius 2 is 1.98 bits per heavy atom. The number of nitrogens with one attached hydrogen (secondary N) is 2. The number of nitrogens with zero attached hydrogens (tertiary/aromatic N) is 4. The van der Waals surface area contributed by atoms with Crippen molar-refractivity contribution in [3.8, 4) is 5.75 Å². The van der Waals surface area contributed by atoms with Gasteiger partial charge >= 0.3 is 6.36 Å². The Hall–Kier alpha value is -4.38. The Bertz CT molecular complexity index is 1340. The Kier molecular flexibility index (Phi) is 10.3. The number of rotatable bonds is 12. The van der Waals surface area contributed by atoms with Gasteiger partial charge in [-0.05, 0) is 36.8 Å². The SMILES string of the molecule is N/C(=C\N(N)CC(F)CCc1nnc(NC(=O)c2ccccn2)s1)C(=O)NCc1cc(OC(F)(F)F)ccc1F. The summed E-state index contributed by atoms with van der Waals surface area (Å²) in [5.74, 6) is 2.78. The fourth-order valence-electron chi connectivity index (χ4n) is 3.11. The molecule has 0 saturated heterocycles. The number of carbonyl (C=O) groups excluding carboxylic acids is 2. The molecule has 2 heterocycles. The van der Waals surface area contributed by atoms with Gasteiger partial charge < -0.3 is 20.8 Å². The van der Waals surface area contributed by atoms with E-state index in [1.807, 2.05) is 0 Å². The summed E-state index contributed by atoms with van der Waals surface area (Å²) in [5, 5.41) is 14.1. The number of hydrogen-bond donors (Lipinski definition) is 4. The fourth-order valence-corrected chi connectivity index (χ4v) is 3.86. The maximum absolute atomic E-state index is 14.5. The largest absolute Gasteiger partial charge is 0.573 e. The Balaban J connectivity index is 1.44. The number of nitrogens with two attached hydrogens (primary N) is 2. The van der Waals surface area contributed by atoms with Crippen molar-refractivity contribution in [2.75, 3.05) is 11.9 Å². The van der Waals surface area contributed by atoms with Crippen LogP contribution in [0.25, 0.3) is 0 Å². The van der Waals surface area contributed by atoms with E-state index in [0.29, 0.717) is 5.01 Å². The van der Waals surface area contributed by atoms with Crippen molar-refractivity contribution in [2.45, 2.75) is 31.9 Å². The highest BCUT2D eigenvalue weighted by Crippen LogP contribution is 2.24. The minimum atomic E-state index is -4.97. The van der Waals surface area contributed by atoms with Gasteiger partial charge in [0.25, 0.3) is 11.8 Å². The Morgan fingerprint density at radius 3 is 2.67 bits per heavy atom. The predicted molar refractivity (Wildman–Crippen MR) is 133 cm³/mol. The molecule has 2 amide bonds. The summed E-state index contributed by atoms with van der Waals surface area (Å²) in [5.41, 5.74) is 5.11. The van der Waals surface area contributed by atoms with Gasteiger partial charge in [-0.25, -0.2) is 14.6 Å². The van der Waals surface area contributed by atoms with E-state index >= 15 is 0 Å². The first-order valence-corrected chi connectivity index (χ1v) is 12.2. The quantitative estimate of drug-likeness (QED) is 0.108. The molecule has 2 aromatic heterocycles. The topological polar surface area (TPSA) is 161 Å². The number of halogens is 5. The second-order valence-corrected chi connectivity index (χ2v) is 9.13. The first-order chi connectivity index (χ1) is 18.9. The van der Waals surface area contributed by atoms with Gasteiger partial charge in [0.2, 0.25) is 5.13 Å². The van der Waals surface area contributed by atoms with E-state index in [0.717, 1.165) is 40.7 Å². The number of aromatic nitrogens is 3. The smallest absolute Gasteiger partial charge is 0.406 e. The highest BCUT2D eigenvalue weighted by molar-refractivity contribution is 7.15. The summed E-state index contributed by atoms with van der Waals surface area (Å²) >= 11 is 1.07. The molecular formula is C23H23F5N8O3S. The van der Waals surface area contributed by atoms with Crippen LogP contribution < -0.4 is 26.9 Å². The van der Waals surface area contributed by atoms with E-state index in [9.17, 15) is 31.5 Å². The number of pyridine rings is 1. The highest BCUT2D eigenvalue weighted by atomic mass is 32.1. The highest BCUT2D eigenvalue weighted by Gasteiger charge is 2.31. The molecule has 1 unspecified atom stereocenters. The van der Waals surface area contributed by atoms with Gasteiger partial charge in [-0.3, -0.25) is 19.9 Å². The summed E-state index contributed by atoms with van der Waals surface area (Å²) in [7, 11) is 0. The lowest BCUT2D eigenvalue weighted by molar-refractivity contribution is -0.274. The molecule has 214 valence electrons. The molecule has 17 heteroatoms. The molecule has 0 fully saturated rings. The third kappa shape index (κ3) is 9.73. The summed E-state index contributed by atoms with van der Waals surface area (Å²) < 4.78 is 69.2. The average Bonchev–Trinajstić information content (AvgIpc) is 3.34. The minimum absolute atomic E-state index is 0.00786. The number of benzene rings is 1. The lowest BCUT2D eigenvalue weighted by Crippen LogP contribution is -2.36. The van der Waals surface area contributed by atoms with Crippen LogP contribution in [0, 0.1) is 5.82 Å². The van der Waals surface area contributed by atoms with Gasteiger partial charge in [-0.2, -0.15) is 0 Å². The summed E-state index contributed by atoms with van der Waals surface area (Å²) in [6, 6.07) is 7.18. The van der Waals surface area contributed by atoms with E-state index in [2.05, 4.69) is 30.6 Å². The number of amides is 2. The molecular weight excluding hydrogens is 563 g/mol. The second kappa shape index (κ2) is 13.6. The van der Waals surface area contributed by atoms with Crippen molar-refractivity contribution < 1.29 is 36.3 Å². The van der Waals surface area contributed by atoms with E-state index < -0.39 is 48.2 Å². The molecule has 11 nitrogen and oxygen atoms in total. The molecule has 0 aliphatic carbocycles. The van der Waals surface area contributed by atoms with Crippen molar-refractivity contribution in [2.24, 2.45) is 11.6 Å². The van der Waals surface area contributed by atoms with Crippen LogP contribution in [0.15, 0.2) is 54.5 Å². The van der Waals surface area contributed by atoms with Crippen LogP contribution >= 0.6 is 11.3 Å². The van der Waals surface area contributed by atoms with Crippen LogP contribution in [0.2, 0.25) is 0 Å². The Morgan fingerprint density at radius 1 is 1.20 bits per heavy atom. The number of anilines is 1. The molecule has 40 heavy (non-hydrogen) atoms. The molecule has 0 radical (unpaired) electrons. The van der Waals surface area contributed by atoms with E-state index in [4.69, 9.17) is 11.6 Å². The van der Waals surface area contributed by atoms with Crippen molar-refractivity contribution in [1.29, 1.82) is 0 Å². The zero-order valence-electron chi connectivity index (χ0n) is 20.5. The maximum atomic E-state index is 14.5. The summed E-state index contributed by atoms with van der Waals surface area (Å²) in [6.07, 6.45) is -3.82. The van der Waals surface area contributed by atoms with E-state index in [-0.39, 0.29) is 35.8 Å². The third-order valence-electron chi connectivity index (χ3n) is 4.92. The second-order valence-electron chi connectivity index (χ2n) is 8.07. The number of ether oxygens (including phenoxy) is 1. The minimum Gasteiger partial charge on any atom is -0.406 e. The zero-order chi connectivity index (χ0) is 29.3. The molecule has 3 aromatic rings.